The monoisotopic (exact) mass is 581 g/mol. The number of halogens is 1. The van der Waals surface area contributed by atoms with Crippen LogP contribution in [0.15, 0.2) is 42.5 Å². The number of amides is 2. The number of likely N-dealkylation sites (N-methyl/N-ethyl adjacent to an activating group) is 1. The number of benzene rings is 2. The first-order valence-electron chi connectivity index (χ1n) is 14.2. The zero-order chi connectivity index (χ0) is 29.4. The highest BCUT2D eigenvalue weighted by Crippen LogP contribution is 2.45. The molecule has 2 bridgehead atoms. The summed E-state index contributed by atoms with van der Waals surface area (Å²) < 4.78 is 20.5. The Hall–Kier alpha value is -3.06. The summed E-state index contributed by atoms with van der Waals surface area (Å²) in [7, 11) is 1.66. The van der Waals surface area contributed by atoms with Gasteiger partial charge in [0.05, 0.1) is 18.8 Å². The summed E-state index contributed by atoms with van der Waals surface area (Å²) in [4.78, 5) is 28.1. The molecule has 41 heavy (non-hydrogen) atoms. The summed E-state index contributed by atoms with van der Waals surface area (Å²) in [6.45, 7) is 0.502. The Balaban J connectivity index is 1.57. The number of fused-ring (bicyclic) bond motifs is 13. The molecule has 0 radical (unpaired) electrons. The fourth-order valence-electron chi connectivity index (χ4n) is 5.29. The number of ether oxygens (including phenoxy) is 1. The summed E-state index contributed by atoms with van der Waals surface area (Å²) in [5, 5.41) is 17.9. The van der Waals surface area contributed by atoms with Gasteiger partial charge in [-0.1, -0.05) is 24.1 Å². The van der Waals surface area contributed by atoms with Crippen molar-refractivity contribution in [2.45, 2.75) is 68.7 Å². The number of thioether (sulfide) groups is 1. The van der Waals surface area contributed by atoms with Crippen LogP contribution >= 0.6 is 11.8 Å². The van der Waals surface area contributed by atoms with Crippen molar-refractivity contribution in [1.29, 1.82) is 0 Å². The van der Waals surface area contributed by atoms with E-state index in [-0.39, 0.29) is 42.5 Å². The van der Waals surface area contributed by atoms with Crippen LogP contribution in [0.2, 0.25) is 0 Å². The van der Waals surface area contributed by atoms with Crippen molar-refractivity contribution in [1.82, 2.24) is 15.5 Å². The molecule has 1 fully saturated rings. The van der Waals surface area contributed by atoms with Gasteiger partial charge in [-0.25, -0.2) is 4.39 Å². The molecule has 9 heteroatoms. The number of nitrogens with zero attached hydrogens (tertiary/aromatic N) is 1. The third-order valence-electron chi connectivity index (χ3n) is 8.03. The van der Waals surface area contributed by atoms with Crippen LogP contribution in [0.25, 0.3) is 0 Å². The molecule has 1 aliphatic carbocycles. The average molecular weight is 582 g/mol. The third-order valence-corrected chi connectivity index (χ3v) is 8.67. The Morgan fingerprint density at radius 2 is 2.07 bits per heavy atom. The van der Waals surface area contributed by atoms with Gasteiger partial charge in [-0.2, -0.15) is 11.8 Å². The quantitative estimate of drug-likeness (QED) is 0.413. The standard InChI is InChI=1S/C32H40FN3O4S/c1-4-22-8-7-9-24(18-22)32(14-15-32)34-21-28(37)26-20-23-11-12-29(25(33)19-23)40-16-6-5-10-30(38)36(2)27(13-17-41-3)31(39)35-26/h1,7-9,11-12,18-19,26-28,34,37H,5-6,10,13-17,20-21H2,2-3H3,(H,35,39)/t26-,27?,28+/m0/s1. The molecule has 7 nitrogen and oxygen atoms in total. The molecule has 0 spiro atoms. The molecule has 0 aromatic heterocycles. The minimum absolute atomic E-state index is 0.128. The summed E-state index contributed by atoms with van der Waals surface area (Å²) >= 11 is 1.60. The number of aliphatic hydroxyl groups is 1. The van der Waals surface area contributed by atoms with Gasteiger partial charge in [0.15, 0.2) is 11.6 Å². The van der Waals surface area contributed by atoms with E-state index in [1.807, 2.05) is 30.5 Å². The van der Waals surface area contributed by atoms with Gasteiger partial charge in [0.1, 0.15) is 6.04 Å². The molecule has 1 saturated carbocycles. The topological polar surface area (TPSA) is 90.9 Å². The van der Waals surface area contributed by atoms with E-state index in [2.05, 4.69) is 16.6 Å². The van der Waals surface area contributed by atoms with E-state index >= 15 is 0 Å². The zero-order valence-corrected chi connectivity index (χ0v) is 24.6. The van der Waals surface area contributed by atoms with Crippen molar-refractivity contribution in [2.75, 3.05) is 32.2 Å². The van der Waals surface area contributed by atoms with E-state index < -0.39 is 24.0 Å². The molecule has 3 N–H and O–H groups in total. The molecule has 2 amide bonds. The highest BCUT2D eigenvalue weighted by Gasteiger charge is 2.44. The van der Waals surface area contributed by atoms with Crippen LogP contribution in [0.1, 0.15) is 55.2 Å². The molecule has 2 aromatic carbocycles. The van der Waals surface area contributed by atoms with Crippen LogP contribution in [0, 0.1) is 18.2 Å². The molecule has 2 aliphatic heterocycles. The lowest BCUT2D eigenvalue weighted by Crippen LogP contribution is -2.55. The minimum atomic E-state index is -0.979. The molecular formula is C32H40FN3O4S. The van der Waals surface area contributed by atoms with Crippen LogP contribution in [0.5, 0.6) is 5.75 Å². The Bertz CT molecular complexity index is 1260. The summed E-state index contributed by atoms with van der Waals surface area (Å²) in [6, 6.07) is 11.2. The summed E-state index contributed by atoms with van der Waals surface area (Å²) in [5.41, 5.74) is 2.20. The summed E-state index contributed by atoms with van der Waals surface area (Å²) in [5.74, 6) is 2.57. The van der Waals surface area contributed by atoms with Crippen molar-refractivity contribution < 1.29 is 23.8 Å². The number of aliphatic hydroxyl groups excluding tert-OH is 1. The van der Waals surface area contributed by atoms with Crippen LogP contribution in [0.4, 0.5) is 4.39 Å². The first-order valence-corrected chi connectivity index (χ1v) is 15.6. The van der Waals surface area contributed by atoms with E-state index in [9.17, 15) is 19.1 Å². The number of hydrogen-bond donors (Lipinski definition) is 3. The fraction of sp³-hybridized carbons (Fsp3) is 0.500. The van der Waals surface area contributed by atoms with E-state index in [4.69, 9.17) is 11.2 Å². The van der Waals surface area contributed by atoms with Gasteiger partial charge in [0.2, 0.25) is 11.8 Å². The minimum Gasteiger partial charge on any atom is -0.491 e. The predicted molar refractivity (Wildman–Crippen MR) is 160 cm³/mol. The van der Waals surface area contributed by atoms with Gasteiger partial charge in [-0.05, 0) is 85.9 Å². The Kier molecular flexibility index (Phi) is 10.7. The number of rotatable bonds is 8. The lowest BCUT2D eigenvalue weighted by molar-refractivity contribution is -0.139. The molecule has 2 heterocycles. The second kappa shape index (κ2) is 14.2. The average Bonchev–Trinajstić information content (AvgIpc) is 3.77. The highest BCUT2D eigenvalue weighted by atomic mass is 32.2. The SMILES string of the molecule is C#Cc1cccc(C2(NC[C@@H](O)[C@@H]3Cc4ccc(c(F)c4)OCCCCC(=O)N(C)C(CCSC)C(=O)N3)CC2)c1. The number of terminal acetylenes is 1. The lowest BCUT2D eigenvalue weighted by atomic mass is 9.98. The second-order valence-corrected chi connectivity index (χ2v) is 11.9. The molecule has 220 valence electrons. The molecule has 5 rings (SSSR count). The first-order chi connectivity index (χ1) is 19.8. The number of carbonyl (C=O) groups excluding carboxylic acids is 2. The van der Waals surface area contributed by atoms with Gasteiger partial charge in [-0.3, -0.25) is 9.59 Å². The number of hydrogen-bond acceptors (Lipinski definition) is 6. The smallest absolute Gasteiger partial charge is 0.243 e. The van der Waals surface area contributed by atoms with Crippen molar-refractivity contribution in [3.8, 4) is 18.1 Å². The predicted octanol–water partition coefficient (Wildman–Crippen LogP) is 3.62. The Morgan fingerprint density at radius 1 is 1.27 bits per heavy atom. The molecule has 0 saturated heterocycles. The number of carbonyl (C=O) groups is 2. The van der Waals surface area contributed by atoms with Crippen molar-refractivity contribution in [2.24, 2.45) is 0 Å². The maximum atomic E-state index is 14.9. The van der Waals surface area contributed by atoms with Crippen LogP contribution in [0.3, 0.4) is 0 Å². The Morgan fingerprint density at radius 3 is 2.78 bits per heavy atom. The Labute approximate surface area is 246 Å². The largest absolute Gasteiger partial charge is 0.491 e. The fourth-order valence-corrected chi connectivity index (χ4v) is 5.75. The lowest BCUT2D eigenvalue weighted by Gasteiger charge is -2.32. The van der Waals surface area contributed by atoms with E-state index in [0.717, 1.165) is 24.0 Å². The van der Waals surface area contributed by atoms with Gasteiger partial charge in [0, 0.05) is 31.1 Å². The van der Waals surface area contributed by atoms with Gasteiger partial charge in [-0.15, -0.1) is 6.42 Å². The van der Waals surface area contributed by atoms with E-state index in [1.54, 1.807) is 30.9 Å². The van der Waals surface area contributed by atoms with E-state index in [1.165, 1.54) is 11.0 Å². The molecule has 1 unspecified atom stereocenters. The number of nitrogens with one attached hydrogen (secondary N) is 2. The first kappa shape index (κ1) is 30.9. The van der Waals surface area contributed by atoms with Crippen molar-refractivity contribution >= 4 is 23.6 Å². The van der Waals surface area contributed by atoms with Crippen LogP contribution in [-0.2, 0) is 21.5 Å². The van der Waals surface area contributed by atoms with Crippen LogP contribution < -0.4 is 15.4 Å². The maximum Gasteiger partial charge on any atom is 0.243 e. The van der Waals surface area contributed by atoms with Gasteiger partial charge >= 0.3 is 0 Å². The van der Waals surface area contributed by atoms with Crippen molar-refractivity contribution in [3.63, 3.8) is 0 Å². The molecule has 3 aliphatic rings. The molecular weight excluding hydrogens is 541 g/mol. The van der Waals surface area contributed by atoms with Crippen LogP contribution in [-0.4, -0.2) is 72.2 Å². The third kappa shape index (κ3) is 8.03. The summed E-state index contributed by atoms with van der Waals surface area (Å²) in [6.07, 6.45) is 10.5. The normalized spacial score (nSPS) is 22.0. The van der Waals surface area contributed by atoms with Crippen molar-refractivity contribution in [3.05, 3.63) is 65.0 Å². The van der Waals surface area contributed by atoms with Gasteiger partial charge in [0.25, 0.3) is 0 Å². The molecule has 2 aromatic rings. The maximum absolute atomic E-state index is 14.9. The van der Waals surface area contributed by atoms with Gasteiger partial charge < -0.3 is 25.4 Å². The second-order valence-electron chi connectivity index (χ2n) is 10.9. The van der Waals surface area contributed by atoms with E-state index in [0.29, 0.717) is 37.2 Å². The highest BCUT2D eigenvalue weighted by molar-refractivity contribution is 7.98. The molecule has 3 atom stereocenters. The zero-order valence-electron chi connectivity index (χ0n) is 23.8.